The molecule has 2 heterocycles. The number of hydrogen-bond donors (Lipinski definition) is 2. The highest BCUT2D eigenvalue weighted by Gasteiger charge is 2.14. The summed E-state index contributed by atoms with van der Waals surface area (Å²) < 4.78 is 0. The molecule has 0 aromatic carbocycles. The van der Waals surface area contributed by atoms with Crippen LogP contribution >= 0.6 is 11.6 Å². The van der Waals surface area contributed by atoms with Gasteiger partial charge in [-0.3, -0.25) is 14.6 Å². The standard InChI is InChI=1S/C15H16ClN3O2/c1-3-9(2)18-14(20)10-4-5-13(19-15(10)21)11-8-17-7-6-12(11)16/h4-9H,3H2,1-2H3,(H,18,20)(H,19,21)/t9-/m1/s1. The van der Waals surface area contributed by atoms with E-state index in [0.29, 0.717) is 16.3 Å². The van der Waals surface area contributed by atoms with Crippen LogP contribution in [-0.2, 0) is 0 Å². The van der Waals surface area contributed by atoms with Crippen LogP contribution in [0, 0.1) is 0 Å². The molecule has 21 heavy (non-hydrogen) atoms. The molecule has 0 aliphatic rings. The molecule has 0 unspecified atom stereocenters. The minimum atomic E-state index is -0.451. The van der Waals surface area contributed by atoms with Crippen molar-refractivity contribution in [2.24, 2.45) is 0 Å². The fraction of sp³-hybridized carbons (Fsp3) is 0.267. The number of amides is 1. The normalized spacial score (nSPS) is 12.0. The zero-order valence-corrected chi connectivity index (χ0v) is 12.6. The van der Waals surface area contributed by atoms with E-state index in [0.717, 1.165) is 6.42 Å². The highest BCUT2D eigenvalue weighted by Crippen LogP contribution is 2.23. The first-order valence-electron chi connectivity index (χ1n) is 6.67. The molecule has 0 saturated heterocycles. The topological polar surface area (TPSA) is 74.8 Å². The third kappa shape index (κ3) is 3.49. The Morgan fingerprint density at radius 1 is 1.43 bits per heavy atom. The molecule has 5 nitrogen and oxygen atoms in total. The lowest BCUT2D eigenvalue weighted by Gasteiger charge is -2.11. The van der Waals surface area contributed by atoms with Gasteiger partial charge in [-0.1, -0.05) is 18.5 Å². The molecule has 2 aromatic rings. The zero-order chi connectivity index (χ0) is 15.4. The van der Waals surface area contributed by atoms with E-state index in [4.69, 9.17) is 11.6 Å². The number of halogens is 1. The maximum Gasteiger partial charge on any atom is 0.261 e. The van der Waals surface area contributed by atoms with E-state index in [1.165, 1.54) is 6.07 Å². The summed E-state index contributed by atoms with van der Waals surface area (Å²) in [6, 6.07) is 4.80. The lowest BCUT2D eigenvalue weighted by Crippen LogP contribution is -2.35. The lowest BCUT2D eigenvalue weighted by atomic mass is 10.1. The van der Waals surface area contributed by atoms with Crippen LogP contribution in [-0.4, -0.2) is 21.9 Å². The maximum atomic E-state index is 12.1. The third-order valence-electron chi connectivity index (χ3n) is 3.20. The number of rotatable bonds is 4. The van der Waals surface area contributed by atoms with Crippen molar-refractivity contribution < 1.29 is 4.79 Å². The van der Waals surface area contributed by atoms with Crippen molar-refractivity contribution in [3.63, 3.8) is 0 Å². The first-order valence-corrected chi connectivity index (χ1v) is 7.04. The molecule has 0 bridgehead atoms. The summed E-state index contributed by atoms with van der Waals surface area (Å²) in [5, 5.41) is 3.24. The van der Waals surface area contributed by atoms with Crippen molar-refractivity contribution in [3.05, 3.63) is 51.5 Å². The van der Waals surface area contributed by atoms with Gasteiger partial charge in [0.1, 0.15) is 5.56 Å². The van der Waals surface area contributed by atoms with Crippen molar-refractivity contribution in [1.29, 1.82) is 0 Å². The average molecular weight is 306 g/mol. The molecule has 1 amide bonds. The average Bonchev–Trinajstić information content (AvgIpc) is 2.47. The second-order valence-corrected chi connectivity index (χ2v) is 5.16. The number of aromatic amines is 1. The molecular formula is C15H16ClN3O2. The quantitative estimate of drug-likeness (QED) is 0.911. The molecule has 0 aliphatic heterocycles. The van der Waals surface area contributed by atoms with Crippen LogP contribution in [0.25, 0.3) is 11.3 Å². The Hall–Kier alpha value is -2.14. The van der Waals surface area contributed by atoms with Gasteiger partial charge in [-0.2, -0.15) is 0 Å². The van der Waals surface area contributed by atoms with Crippen molar-refractivity contribution >= 4 is 17.5 Å². The van der Waals surface area contributed by atoms with E-state index in [1.807, 2.05) is 13.8 Å². The molecule has 2 N–H and O–H groups in total. The van der Waals surface area contributed by atoms with Gasteiger partial charge in [-0.25, -0.2) is 0 Å². The van der Waals surface area contributed by atoms with Gasteiger partial charge in [0.15, 0.2) is 0 Å². The summed E-state index contributed by atoms with van der Waals surface area (Å²) >= 11 is 6.06. The summed E-state index contributed by atoms with van der Waals surface area (Å²) in [6.45, 7) is 3.85. The van der Waals surface area contributed by atoms with Gasteiger partial charge in [0.2, 0.25) is 0 Å². The summed E-state index contributed by atoms with van der Waals surface area (Å²) in [7, 11) is 0. The summed E-state index contributed by atoms with van der Waals surface area (Å²) in [5.74, 6) is -0.380. The van der Waals surface area contributed by atoms with Crippen LogP contribution in [0.2, 0.25) is 5.02 Å². The van der Waals surface area contributed by atoms with Crippen molar-refractivity contribution in [3.8, 4) is 11.3 Å². The van der Waals surface area contributed by atoms with Crippen LogP contribution in [0.3, 0.4) is 0 Å². The summed E-state index contributed by atoms with van der Waals surface area (Å²) in [5.41, 5.74) is 0.774. The smallest absolute Gasteiger partial charge is 0.261 e. The Morgan fingerprint density at radius 3 is 2.81 bits per heavy atom. The number of nitrogens with one attached hydrogen (secondary N) is 2. The highest BCUT2D eigenvalue weighted by atomic mass is 35.5. The van der Waals surface area contributed by atoms with Crippen LogP contribution in [0.1, 0.15) is 30.6 Å². The van der Waals surface area contributed by atoms with Gasteiger partial charge in [0, 0.05) is 24.0 Å². The summed E-state index contributed by atoms with van der Waals surface area (Å²) in [4.78, 5) is 30.7. The van der Waals surface area contributed by atoms with E-state index >= 15 is 0 Å². The van der Waals surface area contributed by atoms with Gasteiger partial charge >= 0.3 is 0 Å². The predicted molar refractivity (Wildman–Crippen MR) is 82.5 cm³/mol. The van der Waals surface area contributed by atoms with E-state index < -0.39 is 5.56 Å². The van der Waals surface area contributed by atoms with Crippen LogP contribution in [0.4, 0.5) is 0 Å². The van der Waals surface area contributed by atoms with Gasteiger partial charge < -0.3 is 10.3 Å². The number of hydrogen-bond acceptors (Lipinski definition) is 3. The Labute approximate surface area is 127 Å². The fourth-order valence-electron chi connectivity index (χ4n) is 1.79. The first kappa shape index (κ1) is 15.3. The van der Waals surface area contributed by atoms with Crippen LogP contribution < -0.4 is 10.9 Å². The Balaban J connectivity index is 2.32. The molecular weight excluding hydrogens is 290 g/mol. The monoisotopic (exact) mass is 305 g/mol. The number of nitrogens with zero attached hydrogens (tertiary/aromatic N) is 1. The van der Waals surface area contributed by atoms with Gasteiger partial charge in [-0.15, -0.1) is 0 Å². The summed E-state index contributed by atoms with van der Waals surface area (Å²) in [6.07, 6.45) is 3.93. The molecule has 6 heteroatoms. The number of H-pyrrole nitrogens is 1. The van der Waals surface area contributed by atoms with Gasteiger partial charge in [-0.05, 0) is 31.5 Å². The fourth-order valence-corrected chi connectivity index (χ4v) is 2.00. The van der Waals surface area contributed by atoms with Crippen LogP contribution in [0.15, 0.2) is 35.4 Å². The molecule has 1 atom stereocenters. The number of carbonyl (C=O) groups is 1. The van der Waals surface area contributed by atoms with Crippen molar-refractivity contribution in [2.45, 2.75) is 26.3 Å². The predicted octanol–water partition coefficient (Wildman–Crippen LogP) is 2.62. The number of pyridine rings is 2. The minimum absolute atomic E-state index is 0.0179. The maximum absolute atomic E-state index is 12.1. The lowest BCUT2D eigenvalue weighted by molar-refractivity contribution is 0.0938. The molecule has 0 aliphatic carbocycles. The molecule has 2 rings (SSSR count). The van der Waals surface area contributed by atoms with Crippen LogP contribution in [0.5, 0.6) is 0 Å². The van der Waals surface area contributed by atoms with Gasteiger partial charge in [0.05, 0.1) is 10.7 Å². The minimum Gasteiger partial charge on any atom is -0.349 e. The highest BCUT2D eigenvalue weighted by molar-refractivity contribution is 6.33. The molecule has 0 radical (unpaired) electrons. The van der Waals surface area contributed by atoms with E-state index in [2.05, 4.69) is 15.3 Å². The number of aromatic nitrogens is 2. The molecule has 0 fully saturated rings. The molecule has 0 saturated carbocycles. The largest absolute Gasteiger partial charge is 0.349 e. The van der Waals surface area contributed by atoms with Crippen molar-refractivity contribution in [1.82, 2.24) is 15.3 Å². The zero-order valence-electron chi connectivity index (χ0n) is 11.8. The second-order valence-electron chi connectivity index (χ2n) is 4.75. The SMILES string of the molecule is CC[C@@H](C)NC(=O)c1ccc(-c2cnccc2Cl)[nH]c1=O. The van der Waals surface area contributed by atoms with Crippen molar-refractivity contribution in [2.75, 3.05) is 0 Å². The molecule has 2 aromatic heterocycles. The molecule has 110 valence electrons. The van der Waals surface area contributed by atoms with E-state index in [9.17, 15) is 9.59 Å². The van der Waals surface area contributed by atoms with Gasteiger partial charge in [0.25, 0.3) is 11.5 Å². The Kier molecular flexibility index (Phi) is 4.75. The number of carbonyl (C=O) groups excluding carboxylic acids is 1. The van der Waals surface area contributed by atoms with E-state index in [-0.39, 0.29) is 17.5 Å². The second kappa shape index (κ2) is 6.54. The third-order valence-corrected chi connectivity index (χ3v) is 3.53. The van der Waals surface area contributed by atoms with E-state index in [1.54, 1.807) is 24.5 Å². The first-order chi connectivity index (χ1) is 10.0. The Morgan fingerprint density at radius 2 is 2.19 bits per heavy atom. The Bertz CT molecular complexity index is 712. The molecule has 0 spiro atoms.